The summed E-state index contributed by atoms with van der Waals surface area (Å²) in [5, 5.41) is 2.33. The van der Waals surface area contributed by atoms with Gasteiger partial charge in [-0.15, -0.1) is 0 Å². The molecule has 0 N–H and O–H groups in total. The van der Waals surface area contributed by atoms with E-state index in [0.29, 0.717) is 19.3 Å². The van der Waals surface area contributed by atoms with Gasteiger partial charge in [-0.25, -0.2) is 4.99 Å². The van der Waals surface area contributed by atoms with Crippen LogP contribution in [0.25, 0.3) is 0 Å². The van der Waals surface area contributed by atoms with Crippen molar-refractivity contribution >= 4 is 17.4 Å². The zero-order valence-electron chi connectivity index (χ0n) is 7.29. The van der Waals surface area contributed by atoms with Crippen LogP contribution >= 0.6 is 12.2 Å². The molecule has 0 aromatic heterocycles. The molecule has 68 valence electrons. The molecule has 0 bridgehead atoms. The van der Waals surface area contributed by atoms with Gasteiger partial charge in [0, 0.05) is 0 Å². The molecule has 0 radical (unpaired) electrons. The maximum absolute atomic E-state index is 5.60. The average molecular weight is 185 g/mol. The molecule has 3 heteroatoms. The number of nitrogens with zero attached hydrogens (tertiary/aromatic N) is 1. The van der Waals surface area contributed by atoms with Gasteiger partial charge in [0.2, 0.25) is 0 Å². The Morgan fingerprint density at radius 2 is 2.08 bits per heavy atom. The predicted octanol–water partition coefficient (Wildman–Crippen LogP) is 2.44. The second-order valence-electron chi connectivity index (χ2n) is 3.10. The third kappa shape index (κ3) is 3.96. The van der Waals surface area contributed by atoms with Gasteiger partial charge in [0.25, 0.3) is 0 Å². The lowest BCUT2D eigenvalue weighted by Crippen LogP contribution is -2.17. The molecule has 1 aliphatic carbocycles. The molecule has 0 amide bonds. The van der Waals surface area contributed by atoms with E-state index in [1.54, 1.807) is 0 Å². The van der Waals surface area contributed by atoms with Crippen molar-refractivity contribution in [3.05, 3.63) is 0 Å². The number of aliphatic imine (C=N–C) groups is 1. The van der Waals surface area contributed by atoms with Crippen LogP contribution in [0.15, 0.2) is 4.99 Å². The second-order valence-corrected chi connectivity index (χ2v) is 3.29. The zero-order chi connectivity index (χ0) is 8.65. The summed E-state index contributed by atoms with van der Waals surface area (Å²) in [6.07, 6.45) is 6.95. The van der Waals surface area contributed by atoms with E-state index in [0.717, 1.165) is 0 Å². The molecular weight excluding hydrogens is 170 g/mol. The summed E-state index contributed by atoms with van der Waals surface area (Å²) in [5.41, 5.74) is 0. The van der Waals surface area contributed by atoms with E-state index >= 15 is 0 Å². The fourth-order valence-corrected chi connectivity index (χ4v) is 1.63. The molecule has 0 unspecified atom stereocenters. The Hall–Kier alpha value is -0.240. The van der Waals surface area contributed by atoms with Crippen molar-refractivity contribution in [3.8, 4) is 0 Å². The number of isothiocyanates is 1. The summed E-state index contributed by atoms with van der Waals surface area (Å²) >= 11 is 4.45. The molecule has 0 saturated heterocycles. The number of ether oxygens (including phenoxy) is 1. The lowest BCUT2D eigenvalue weighted by atomic mass is 9.98. The molecule has 2 nitrogen and oxygen atoms in total. The van der Waals surface area contributed by atoms with Gasteiger partial charge in [-0.2, -0.15) is 0 Å². The zero-order valence-corrected chi connectivity index (χ0v) is 8.11. The first-order valence-electron chi connectivity index (χ1n) is 4.58. The summed E-state index contributed by atoms with van der Waals surface area (Å²) in [6.45, 7) is 1.37. The van der Waals surface area contributed by atoms with Crippen LogP contribution in [0.2, 0.25) is 0 Å². The van der Waals surface area contributed by atoms with Crippen molar-refractivity contribution in [2.45, 2.75) is 38.2 Å². The van der Waals surface area contributed by atoms with Gasteiger partial charge in [-0.05, 0) is 25.1 Å². The highest BCUT2D eigenvalue weighted by Crippen LogP contribution is 2.19. The monoisotopic (exact) mass is 185 g/mol. The Bertz CT molecular complexity index is 160. The largest absolute Gasteiger partial charge is 0.376 e. The quantitative estimate of drug-likeness (QED) is 0.381. The molecule has 1 rings (SSSR count). The first kappa shape index (κ1) is 9.85. The van der Waals surface area contributed by atoms with Crippen LogP contribution < -0.4 is 0 Å². The Morgan fingerprint density at radius 3 is 2.75 bits per heavy atom. The van der Waals surface area contributed by atoms with E-state index in [1.807, 2.05) is 0 Å². The average Bonchev–Trinajstić information content (AvgIpc) is 2.14. The molecule has 1 aliphatic rings. The van der Waals surface area contributed by atoms with Gasteiger partial charge in [-0.1, -0.05) is 19.3 Å². The summed E-state index contributed by atoms with van der Waals surface area (Å²) < 4.78 is 5.60. The minimum Gasteiger partial charge on any atom is -0.376 e. The van der Waals surface area contributed by atoms with Gasteiger partial charge in [0.05, 0.1) is 24.4 Å². The number of hydrogen-bond acceptors (Lipinski definition) is 3. The second kappa shape index (κ2) is 6.30. The molecule has 1 fully saturated rings. The van der Waals surface area contributed by atoms with Crippen molar-refractivity contribution in [2.24, 2.45) is 4.99 Å². The fourth-order valence-electron chi connectivity index (χ4n) is 1.54. The summed E-state index contributed by atoms with van der Waals surface area (Å²) in [6, 6.07) is 0. The van der Waals surface area contributed by atoms with E-state index in [4.69, 9.17) is 4.74 Å². The van der Waals surface area contributed by atoms with Gasteiger partial charge >= 0.3 is 0 Å². The highest BCUT2D eigenvalue weighted by molar-refractivity contribution is 7.78. The van der Waals surface area contributed by atoms with Crippen LogP contribution in [0.1, 0.15) is 32.1 Å². The predicted molar refractivity (Wildman–Crippen MR) is 52.7 cm³/mol. The van der Waals surface area contributed by atoms with Crippen LogP contribution in [0, 0.1) is 0 Å². The molecule has 0 heterocycles. The van der Waals surface area contributed by atoms with E-state index < -0.39 is 0 Å². The molecular formula is C9H15NOS. The summed E-state index contributed by atoms with van der Waals surface area (Å²) in [4.78, 5) is 3.80. The van der Waals surface area contributed by atoms with Crippen molar-refractivity contribution in [1.82, 2.24) is 0 Å². The van der Waals surface area contributed by atoms with Crippen molar-refractivity contribution in [2.75, 3.05) is 13.2 Å². The molecule has 0 atom stereocenters. The third-order valence-corrected chi connectivity index (χ3v) is 2.30. The fraction of sp³-hybridized carbons (Fsp3) is 0.889. The summed E-state index contributed by atoms with van der Waals surface area (Å²) in [5.74, 6) is 0. The number of thiocarbonyl (C=S) groups is 1. The van der Waals surface area contributed by atoms with Crippen LogP contribution in [-0.4, -0.2) is 24.4 Å². The van der Waals surface area contributed by atoms with Crippen molar-refractivity contribution < 1.29 is 4.74 Å². The first-order valence-corrected chi connectivity index (χ1v) is 4.99. The Balaban J connectivity index is 2.01. The number of hydrogen-bond donors (Lipinski definition) is 0. The van der Waals surface area contributed by atoms with Crippen LogP contribution in [0.3, 0.4) is 0 Å². The van der Waals surface area contributed by atoms with E-state index in [-0.39, 0.29) is 0 Å². The van der Waals surface area contributed by atoms with E-state index in [2.05, 4.69) is 22.4 Å². The summed E-state index contributed by atoms with van der Waals surface area (Å²) in [7, 11) is 0. The van der Waals surface area contributed by atoms with Gasteiger partial charge < -0.3 is 4.74 Å². The molecule has 0 aliphatic heterocycles. The molecule has 0 aromatic carbocycles. The molecule has 12 heavy (non-hydrogen) atoms. The van der Waals surface area contributed by atoms with Crippen LogP contribution in [0.5, 0.6) is 0 Å². The van der Waals surface area contributed by atoms with Crippen molar-refractivity contribution in [1.29, 1.82) is 0 Å². The molecule has 0 spiro atoms. The Morgan fingerprint density at radius 1 is 1.33 bits per heavy atom. The third-order valence-electron chi connectivity index (χ3n) is 2.17. The van der Waals surface area contributed by atoms with Crippen LogP contribution in [0.4, 0.5) is 0 Å². The van der Waals surface area contributed by atoms with E-state index in [9.17, 15) is 0 Å². The van der Waals surface area contributed by atoms with Gasteiger partial charge in [-0.3, -0.25) is 0 Å². The maximum atomic E-state index is 5.60. The Labute approximate surface area is 79.0 Å². The normalized spacial score (nSPS) is 18.7. The number of rotatable bonds is 4. The van der Waals surface area contributed by atoms with Gasteiger partial charge in [0.1, 0.15) is 0 Å². The SMILES string of the molecule is S=C=NCCOC1CCCCC1. The standard InChI is InChI=1S/C9H15NOS/c12-8-10-6-7-11-9-4-2-1-3-5-9/h9H,1-7H2. The first-order chi connectivity index (χ1) is 5.93. The minimum atomic E-state index is 0.485. The van der Waals surface area contributed by atoms with Crippen molar-refractivity contribution in [3.63, 3.8) is 0 Å². The van der Waals surface area contributed by atoms with Crippen LogP contribution in [-0.2, 0) is 4.74 Å². The minimum absolute atomic E-state index is 0.485. The molecule has 0 aromatic rings. The molecule has 1 saturated carbocycles. The topological polar surface area (TPSA) is 21.6 Å². The maximum Gasteiger partial charge on any atom is 0.0727 e. The lowest BCUT2D eigenvalue weighted by molar-refractivity contribution is 0.0335. The Kier molecular flexibility index (Phi) is 5.16. The highest BCUT2D eigenvalue weighted by Gasteiger charge is 2.12. The lowest BCUT2D eigenvalue weighted by Gasteiger charge is -2.21. The van der Waals surface area contributed by atoms with E-state index in [1.165, 1.54) is 32.1 Å². The highest BCUT2D eigenvalue weighted by atomic mass is 32.1. The van der Waals surface area contributed by atoms with Gasteiger partial charge in [0.15, 0.2) is 0 Å². The smallest absolute Gasteiger partial charge is 0.0727 e.